The molecule has 0 radical (unpaired) electrons. The molecule has 184 valence electrons. The van der Waals surface area contributed by atoms with Gasteiger partial charge in [-0.05, 0) is 57.3 Å². The summed E-state index contributed by atoms with van der Waals surface area (Å²) in [4.78, 5) is 21.8. The van der Waals surface area contributed by atoms with Crippen LogP contribution in [0, 0.1) is 0 Å². The Kier molecular flexibility index (Phi) is 5.88. The number of nitrogens with zero attached hydrogens (tertiary/aromatic N) is 4. The molecule has 9 nitrogen and oxygen atoms in total. The zero-order chi connectivity index (χ0) is 24.7. The Morgan fingerprint density at radius 1 is 1.23 bits per heavy atom. The molecular formula is C26H31N5O4. The molecule has 1 amide bonds. The van der Waals surface area contributed by atoms with Crippen LogP contribution in [0.4, 0.5) is 0 Å². The zero-order valence-corrected chi connectivity index (χ0v) is 20.6. The van der Waals surface area contributed by atoms with Gasteiger partial charge in [0.2, 0.25) is 0 Å². The number of carbonyl (C=O) groups excluding carboxylic acids is 1. The van der Waals surface area contributed by atoms with Gasteiger partial charge in [-0.2, -0.15) is 5.10 Å². The molecule has 9 heteroatoms. The first kappa shape index (κ1) is 23.2. The number of fused-ring (bicyclic) bond motifs is 2. The summed E-state index contributed by atoms with van der Waals surface area (Å²) < 4.78 is 11.6. The maximum absolute atomic E-state index is 13.4. The number of ether oxygens (including phenoxy) is 2. The summed E-state index contributed by atoms with van der Waals surface area (Å²) in [5, 5.41) is 18.7. The Balaban J connectivity index is 1.34. The van der Waals surface area contributed by atoms with Gasteiger partial charge in [-0.25, -0.2) is 4.99 Å². The zero-order valence-electron chi connectivity index (χ0n) is 20.6. The van der Waals surface area contributed by atoms with E-state index in [1.54, 1.807) is 17.0 Å². The van der Waals surface area contributed by atoms with Gasteiger partial charge in [0.15, 0.2) is 5.90 Å². The Hall–Kier alpha value is -3.59. The summed E-state index contributed by atoms with van der Waals surface area (Å²) in [7, 11) is 4.01. The van der Waals surface area contributed by atoms with E-state index in [9.17, 15) is 9.90 Å². The molecule has 2 N–H and O–H groups in total. The average Bonchev–Trinajstić information content (AvgIpc) is 3.49. The number of aromatic nitrogens is 2. The van der Waals surface area contributed by atoms with Gasteiger partial charge in [-0.15, -0.1) is 0 Å². The van der Waals surface area contributed by atoms with Gasteiger partial charge < -0.3 is 24.4 Å². The second-order valence-corrected chi connectivity index (χ2v) is 10.1. The fraction of sp³-hybridized carbons (Fsp3) is 0.423. The molecule has 5 rings (SSSR count). The van der Waals surface area contributed by atoms with Gasteiger partial charge in [0.25, 0.3) is 5.91 Å². The van der Waals surface area contributed by atoms with E-state index in [4.69, 9.17) is 9.47 Å². The molecule has 0 bridgehead atoms. The van der Waals surface area contributed by atoms with Crippen molar-refractivity contribution >= 4 is 22.7 Å². The van der Waals surface area contributed by atoms with Crippen molar-refractivity contribution in [3.8, 4) is 11.5 Å². The van der Waals surface area contributed by atoms with Crippen molar-refractivity contribution in [3.05, 3.63) is 52.7 Å². The number of hydrogen-bond acceptors (Lipinski definition) is 7. The number of amides is 1. The average molecular weight is 478 g/mol. The maximum atomic E-state index is 13.4. The topological polar surface area (TPSA) is 103 Å². The van der Waals surface area contributed by atoms with Crippen LogP contribution in [0.5, 0.6) is 11.5 Å². The van der Waals surface area contributed by atoms with Crippen molar-refractivity contribution in [1.82, 2.24) is 20.0 Å². The molecule has 35 heavy (non-hydrogen) atoms. The third-order valence-electron chi connectivity index (χ3n) is 6.32. The Morgan fingerprint density at radius 2 is 2.03 bits per heavy atom. The molecule has 0 unspecified atom stereocenters. The monoisotopic (exact) mass is 477 g/mol. The van der Waals surface area contributed by atoms with Crippen LogP contribution in [-0.2, 0) is 24.2 Å². The normalized spacial score (nSPS) is 16.5. The largest absolute Gasteiger partial charge is 0.507 e. The Bertz CT molecular complexity index is 1310. The molecule has 1 aromatic heterocycles. The molecule has 0 aliphatic carbocycles. The Morgan fingerprint density at radius 3 is 2.77 bits per heavy atom. The molecule has 0 fully saturated rings. The van der Waals surface area contributed by atoms with Crippen molar-refractivity contribution in [1.29, 1.82) is 0 Å². The summed E-state index contributed by atoms with van der Waals surface area (Å²) in [5.74, 6) is 1.13. The highest BCUT2D eigenvalue weighted by molar-refractivity contribution is 6.02. The molecule has 2 aliphatic rings. The number of hydrogen-bond donors (Lipinski definition) is 2. The summed E-state index contributed by atoms with van der Waals surface area (Å²) in [6, 6.07) is 9.22. The first-order chi connectivity index (χ1) is 16.7. The van der Waals surface area contributed by atoms with Crippen LogP contribution in [0.25, 0.3) is 10.9 Å². The van der Waals surface area contributed by atoms with Crippen LogP contribution in [0.15, 0.2) is 35.3 Å². The Labute approximate surface area is 204 Å². The predicted octanol–water partition coefficient (Wildman–Crippen LogP) is 3.11. The van der Waals surface area contributed by atoms with Crippen molar-refractivity contribution in [2.24, 2.45) is 4.99 Å². The smallest absolute Gasteiger partial charge is 0.258 e. The minimum Gasteiger partial charge on any atom is -0.507 e. The number of phenols is 1. The fourth-order valence-corrected chi connectivity index (χ4v) is 4.43. The highest BCUT2D eigenvalue weighted by Crippen LogP contribution is 2.32. The van der Waals surface area contributed by atoms with E-state index in [-0.39, 0.29) is 22.8 Å². The fourth-order valence-electron chi connectivity index (χ4n) is 4.43. The van der Waals surface area contributed by atoms with Crippen LogP contribution < -0.4 is 4.74 Å². The van der Waals surface area contributed by atoms with E-state index < -0.39 is 0 Å². The third kappa shape index (κ3) is 4.81. The van der Waals surface area contributed by atoms with E-state index in [0.717, 1.165) is 34.5 Å². The number of benzene rings is 2. The molecular weight excluding hydrogens is 446 g/mol. The number of carbonyl (C=O) groups is 1. The van der Waals surface area contributed by atoms with Gasteiger partial charge in [-0.3, -0.25) is 9.89 Å². The highest BCUT2D eigenvalue weighted by atomic mass is 16.5. The van der Waals surface area contributed by atoms with E-state index in [1.807, 2.05) is 46.1 Å². The number of rotatable bonds is 7. The lowest BCUT2D eigenvalue weighted by atomic mass is 10.1. The van der Waals surface area contributed by atoms with E-state index in [2.05, 4.69) is 20.1 Å². The van der Waals surface area contributed by atoms with Crippen molar-refractivity contribution in [2.75, 3.05) is 33.9 Å². The molecule has 2 aliphatic heterocycles. The molecule has 3 heterocycles. The van der Waals surface area contributed by atoms with Crippen molar-refractivity contribution < 1.29 is 19.4 Å². The number of likely N-dealkylation sites (N-methyl/N-ethyl adjacent to an activating group) is 1. The first-order valence-corrected chi connectivity index (χ1v) is 11.8. The summed E-state index contributed by atoms with van der Waals surface area (Å²) in [6.07, 6.45) is 0.424. The van der Waals surface area contributed by atoms with Gasteiger partial charge in [0.1, 0.15) is 24.7 Å². The number of aromatic amines is 1. The number of aromatic hydroxyl groups is 1. The van der Waals surface area contributed by atoms with E-state index in [1.165, 1.54) is 0 Å². The van der Waals surface area contributed by atoms with Gasteiger partial charge >= 0.3 is 0 Å². The maximum Gasteiger partial charge on any atom is 0.258 e. The highest BCUT2D eigenvalue weighted by Gasteiger charge is 2.29. The van der Waals surface area contributed by atoms with Crippen LogP contribution in [0.3, 0.4) is 0 Å². The van der Waals surface area contributed by atoms with Gasteiger partial charge in [0, 0.05) is 31.1 Å². The molecule has 0 spiro atoms. The van der Waals surface area contributed by atoms with E-state index in [0.29, 0.717) is 44.1 Å². The van der Waals surface area contributed by atoms with E-state index >= 15 is 0 Å². The summed E-state index contributed by atoms with van der Waals surface area (Å²) in [6.45, 7) is 6.96. The number of H-pyrrole nitrogens is 1. The standard InChI is InChI=1S/C26H31N5O4/c1-26(2)15-35-24(27-26)12-22-19-10-20(23(32)11-21(19)28-29-22)25(33)31-13-16-5-6-18(9-17(16)14-31)34-8-7-30(3)4/h5-6,9-11,32H,7-8,12-15H2,1-4H3,(H,28,29). The summed E-state index contributed by atoms with van der Waals surface area (Å²) in [5.41, 5.74) is 3.55. The minimum atomic E-state index is -0.247. The second kappa shape index (κ2) is 8.88. The van der Waals surface area contributed by atoms with Crippen LogP contribution in [-0.4, -0.2) is 76.3 Å². The predicted molar refractivity (Wildman–Crippen MR) is 133 cm³/mol. The molecule has 0 saturated heterocycles. The SMILES string of the molecule is CN(C)CCOc1ccc2c(c1)CN(C(=O)c1cc3c(CC4=NC(C)(C)CO4)n[nH]c3cc1O)C2. The second-order valence-electron chi connectivity index (χ2n) is 10.1. The lowest BCUT2D eigenvalue weighted by molar-refractivity contribution is 0.0748. The summed E-state index contributed by atoms with van der Waals surface area (Å²) >= 11 is 0. The molecule has 0 saturated carbocycles. The van der Waals surface area contributed by atoms with Gasteiger partial charge in [-0.1, -0.05) is 6.07 Å². The molecule has 2 aromatic carbocycles. The first-order valence-electron chi connectivity index (χ1n) is 11.8. The quantitative estimate of drug-likeness (QED) is 0.542. The van der Waals surface area contributed by atoms with Crippen molar-refractivity contribution in [3.63, 3.8) is 0 Å². The molecule has 3 aromatic rings. The van der Waals surface area contributed by atoms with Crippen molar-refractivity contribution in [2.45, 2.75) is 38.9 Å². The third-order valence-corrected chi connectivity index (χ3v) is 6.32. The van der Waals surface area contributed by atoms with Gasteiger partial charge in [0.05, 0.1) is 28.7 Å². The lowest BCUT2D eigenvalue weighted by Crippen LogP contribution is -2.25. The lowest BCUT2D eigenvalue weighted by Gasteiger charge is -2.16. The molecule has 0 atom stereocenters. The number of phenolic OH excluding ortho intramolecular Hbond substituents is 1. The van der Waals surface area contributed by atoms with Crippen LogP contribution >= 0.6 is 0 Å². The number of aliphatic imine (C=N–C) groups is 1. The van der Waals surface area contributed by atoms with Crippen LogP contribution in [0.2, 0.25) is 0 Å². The minimum absolute atomic E-state index is 0.0723. The van der Waals surface area contributed by atoms with Crippen LogP contribution in [0.1, 0.15) is 41.0 Å². The number of nitrogens with one attached hydrogen (secondary N) is 1.